The monoisotopic (exact) mass is 309 g/mol. The van der Waals surface area contributed by atoms with E-state index < -0.39 is 6.10 Å². The highest BCUT2D eigenvalue weighted by Crippen LogP contribution is 2.17. The van der Waals surface area contributed by atoms with Gasteiger partial charge in [-0.1, -0.05) is 36.4 Å². The van der Waals surface area contributed by atoms with E-state index in [1.165, 1.54) is 0 Å². The smallest absolute Gasteiger partial charge is 0.319 e. The molecule has 0 saturated carbocycles. The minimum atomic E-state index is -0.631. The number of nitrogens with zero attached hydrogens (tertiary/aromatic N) is 1. The summed E-state index contributed by atoms with van der Waals surface area (Å²) < 4.78 is 0. The minimum Gasteiger partial charge on any atom is -0.388 e. The molecule has 2 rings (SSSR count). The van der Waals surface area contributed by atoms with Crippen LogP contribution in [-0.4, -0.2) is 17.2 Å². The molecule has 118 valence electrons. The van der Waals surface area contributed by atoms with Crippen molar-refractivity contribution in [3.05, 3.63) is 65.7 Å². The Morgan fingerprint density at radius 2 is 1.96 bits per heavy atom. The molecule has 0 spiro atoms. The molecule has 0 aliphatic rings. The molecule has 0 aliphatic heterocycles. The van der Waals surface area contributed by atoms with Gasteiger partial charge < -0.3 is 15.7 Å². The lowest BCUT2D eigenvalue weighted by Crippen LogP contribution is -2.37. The molecule has 5 heteroatoms. The second kappa shape index (κ2) is 7.97. The fourth-order valence-electron chi connectivity index (χ4n) is 2.26. The Morgan fingerprint density at radius 3 is 2.65 bits per heavy atom. The standard InChI is InChI=1S/C18H19N3O2/c1-13(10-17(22)15-7-3-2-4-8-15)20-18(23)21-16-9-5-6-14(11-16)12-19/h2-9,11,13,17,22H,10H2,1H3,(H2,20,21,23). The summed E-state index contributed by atoms with van der Waals surface area (Å²) in [6, 6.07) is 17.5. The normalized spacial score (nSPS) is 12.7. The molecule has 2 unspecified atom stereocenters. The number of hydrogen-bond acceptors (Lipinski definition) is 3. The van der Waals surface area contributed by atoms with Gasteiger partial charge in [0.1, 0.15) is 0 Å². The van der Waals surface area contributed by atoms with Crippen LogP contribution < -0.4 is 10.6 Å². The van der Waals surface area contributed by atoms with Crippen LogP contribution in [0.15, 0.2) is 54.6 Å². The SMILES string of the molecule is CC(CC(O)c1ccccc1)NC(=O)Nc1cccc(C#N)c1. The molecular formula is C18H19N3O2. The van der Waals surface area contributed by atoms with E-state index in [0.717, 1.165) is 5.56 Å². The highest BCUT2D eigenvalue weighted by Gasteiger charge is 2.14. The first-order chi connectivity index (χ1) is 11.1. The van der Waals surface area contributed by atoms with Crippen molar-refractivity contribution in [2.24, 2.45) is 0 Å². The van der Waals surface area contributed by atoms with E-state index in [4.69, 9.17) is 5.26 Å². The van der Waals surface area contributed by atoms with E-state index in [0.29, 0.717) is 17.7 Å². The van der Waals surface area contributed by atoms with Crippen LogP contribution in [0.1, 0.15) is 30.6 Å². The Hall–Kier alpha value is -2.84. The van der Waals surface area contributed by atoms with Gasteiger partial charge in [-0.2, -0.15) is 5.26 Å². The quantitative estimate of drug-likeness (QED) is 0.793. The van der Waals surface area contributed by atoms with Gasteiger partial charge in [0, 0.05) is 11.7 Å². The Morgan fingerprint density at radius 1 is 1.22 bits per heavy atom. The van der Waals surface area contributed by atoms with Crippen molar-refractivity contribution in [1.82, 2.24) is 5.32 Å². The summed E-state index contributed by atoms with van der Waals surface area (Å²) in [7, 11) is 0. The Bertz CT molecular complexity index is 695. The maximum atomic E-state index is 12.0. The van der Waals surface area contributed by atoms with Crippen LogP contribution in [0.3, 0.4) is 0 Å². The molecule has 3 N–H and O–H groups in total. The number of urea groups is 1. The van der Waals surface area contributed by atoms with E-state index in [9.17, 15) is 9.90 Å². The number of benzene rings is 2. The molecule has 0 aliphatic carbocycles. The summed E-state index contributed by atoms with van der Waals surface area (Å²) in [5.74, 6) is 0. The molecule has 2 amide bonds. The van der Waals surface area contributed by atoms with E-state index >= 15 is 0 Å². The predicted molar refractivity (Wildman–Crippen MR) is 88.8 cm³/mol. The van der Waals surface area contributed by atoms with Crippen LogP contribution in [0.5, 0.6) is 0 Å². The molecular weight excluding hydrogens is 290 g/mol. The lowest BCUT2D eigenvalue weighted by atomic mass is 10.0. The fourth-order valence-corrected chi connectivity index (χ4v) is 2.26. The first-order valence-corrected chi connectivity index (χ1v) is 7.39. The van der Waals surface area contributed by atoms with Gasteiger partial charge in [0.25, 0.3) is 0 Å². The number of anilines is 1. The number of nitrogens with one attached hydrogen (secondary N) is 2. The second-order valence-electron chi connectivity index (χ2n) is 5.35. The molecule has 0 aromatic heterocycles. The van der Waals surface area contributed by atoms with Gasteiger partial charge in [0.2, 0.25) is 0 Å². The Kier molecular flexibility index (Phi) is 5.73. The van der Waals surface area contributed by atoms with E-state index in [1.54, 1.807) is 24.3 Å². The van der Waals surface area contributed by atoms with Crippen molar-refractivity contribution >= 4 is 11.7 Å². The number of rotatable bonds is 5. The van der Waals surface area contributed by atoms with Gasteiger partial charge in [-0.05, 0) is 37.1 Å². The van der Waals surface area contributed by atoms with Crippen LogP contribution in [-0.2, 0) is 0 Å². The number of aliphatic hydroxyl groups is 1. The average Bonchev–Trinajstić information content (AvgIpc) is 2.55. The van der Waals surface area contributed by atoms with E-state index in [2.05, 4.69) is 10.6 Å². The first kappa shape index (κ1) is 16.5. The topological polar surface area (TPSA) is 85.2 Å². The van der Waals surface area contributed by atoms with Gasteiger partial charge in [-0.25, -0.2) is 4.79 Å². The summed E-state index contributed by atoms with van der Waals surface area (Å²) in [4.78, 5) is 12.0. The second-order valence-corrected chi connectivity index (χ2v) is 5.35. The molecule has 23 heavy (non-hydrogen) atoms. The number of carbonyl (C=O) groups excluding carboxylic acids is 1. The lowest BCUT2D eigenvalue weighted by molar-refractivity contribution is 0.155. The molecule has 2 aromatic rings. The van der Waals surface area contributed by atoms with Crippen molar-refractivity contribution in [2.75, 3.05) is 5.32 Å². The minimum absolute atomic E-state index is 0.204. The van der Waals surface area contributed by atoms with Gasteiger partial charge in [0.15, 0.2) is 0 Å². The Labute approximate surface area is 135 Å². The third-order valence-corrected chi connectivity index (χ3v) is 3.39. The summed E-state index contributed by atoms with van der Waals surface area (Å²) in [6.45, 7) is 1.83. The highest BCUT2D eigenvalue weighted by molar-refractivity contribution is 5.89. The number of carbonyl (C=O) groups is 1. The van der Waals surface area contributed by atoms with Crippen LogP contribution in [0.2, 0.25) is 0 Å². The fraction of sp³-hybridized carbons (Fsp3) is 0.222. The van der Waals surface area contributed by atoms with Crippen LogP contribution in [0.25, 0.3) is 0 Å². The van der Waals surface area contributed by atoms with Gasteiger partial charge in [-0.15, -0.1) is 0 Å². The maximum absolute atomic E-state index is 12.0. The zero-order chi connectivity index (χ0) is 16.7. The number of nitriles is 1. The molecule has 0 radical (unpaired) electrons. The molecule has 2 aromatic carbocycles. The van der Waals surface area contributed by atoms with Crippen molar-refractivity contribution in [3.63, 3.8) is 0 Å². The van der Waals surface area contributed by atoms with E-state index in [-0.39, 0.29) is 12.1 Å². The van der Waals surface area contributed by atoms with Crippen molar-refractivity contribution in [2.45, 2.75) is 25.5 Å². The number of amides is 2. The third kappa shape index (κ3) is 5.13. The largest absolute Gasteiger partial charge is 0.388 e. The van der Waals surface area contributed by atoms with Gasteiger partial charge in [0.05, 0.1) is 17.7 Å². The van der Waals surface area contributed by atoms with E-state index in [1.807, 2.05) is 43.3 Å². The number of aliphatic hydroxyl groups excluding tert-OH is 1. The lowest BCUT2D eigenvalue weighted by Gasteiger charge is -2.18. The van der Waals surface area contributed by atoms with Crippen molar-refractivity contribution < 1.29 is 9.90 Å². The molecule has 5 nitrogen and oxygen atoms in total. The average molecular weight is 309 g/mol. The van der Waals surface area contributed by atoms with Gasteiger partial charge >= 0.3 is 6.03 Å². The molecule has 0 saturated heterocycles. The molecule has 0 heterocycles. The van der Waals surface area contributed by atoms with Crippen LogP contribution >= 0.6 is 0 Å². The zero-order valence-corrected chi connectivity index (χ0v) is 12.9. The Balaban J connectivity index is 1.86. The zero-order valence-electron chi connectivity index (χ0n) is 12.9. The van der Waals surface area contributed by atoms with Crippen molar-refractivity contribution in [3.8, 4) is 6.07 Å². The predicted octanol–water partition coefficient (Wildman–Crippen LogP) is 3.19. The molecule has 0 fully saturated rings. The van der Waals surface area contributed by atoms with Crippen LogP contribution in [0, 0.1) is 11.3 Å². The third-order valence-electron chi connectivity index (χ3n) is 3.39. The molecule has 2 atom stereocenters. The maximum Gasteiger partial charge on any atom is 0.319 e. The highest BCUT2D eigenvalue weighted by atomic mass is 16.3. The van der Waals surface area contributed by atoms with Crippen molar-refractivity contribution in [1.29, 1.82) is 5.26 Å². The summed E-state index contributed by atoms with van der Waals surface area (Å²) in [5, 5.41) is 24.4. The summed E-state index contributed by atoms with van der Waals surface area (Å²) in [6.07, 6.45) is -0.219. The first-order valence-electron chi connectivity index (χ1n) is 7.39. The van der Waals surface area contributed by atoms with Crippen LogP contribution in [0.4, 0.5) is 10.5 Å². The van der Waals surface area contributed by atoms with Gasteiger partial charge in [-0.3, -0.25) is 0 Å². The summed E-state index contributed by atoms with van der Waals surface area (Å²) in [5.41, 5.74) is 1.86. The number of hydrogen-bond donors (Lipinski definition) is 3. The summed E-state index contributed by atoms with van der Waals surface area (Å²) >= 11 is 0. The molecule has 0 bridgehead atoms.